The van der Waals surface area contributed by atoms with Gasteiger partial charge in [-0.15, -0.1) is 0 Å². The molecule has 5 rings (SSSR count). The zero-order valence-corrected chi connectivity index (χ0v) is 24.8. The average molecular weight is 630 g/mol. The lowest BCUT2D eigenvalue weighted by atomic mass is 9.89. The van der Waals surface area contributed by atoms with E-state index >= 15 is 0 Å². The molecule has 3 aromatic rings. The molecule has 1 aromatic heterocycles. The number of ketones is 1. The number of Topliss-reactive ketones (excluding diaryl/α,β-unsaturated/α-hetero) is 1. The van der Waals surface area contributed by atoms with Crippen LogP contribution in [0.25, 0.3) is 10.9 Å². The highest BCUT2D eigenvalue weighted by atomic mass is 79.9. The van der Waals surface area contributed by atoms with Gasteiger partial charge in [-0.05, 0) is 24.6 Å². The normalized spacial score (nSPS) is 19.0. The lowest BCUT2D eigenvalue weighted by molar-refractivity contribution is -0.143. The van der Waals surface area contributed by atoms with E-state index in [1.54, 1.807) is 12.1 Å². The molecular weight excluding hydrogens is 602 g/mol. The fourth-order valence-electron chi connectivity index (χ4n) is 5.53. The first kappa shape index (κ1) is 28.3. The van der Waals surface area contributed by atoms with Gasteiger partial charge in [0.2, 0.25) is 11.5 Å². The fourth-order valence-corrected chi connectivity index (χ4v) is 6.06. The number of carbonyl (C=O) groups is 4. The van der Waals surface area contributed by atoms with Crippen molar-refractivity contribution in [1.29, 1.82) is 0 Å². The molecule has 2 aromatic carbocycles. The van der Waals surface area contributed by atoms with Gasteiger partial charge in [0.1, 0.15) is 5.69 Å². The molecule has 0 bridgehead atoms. The zero-order valence-electron chi connectivity index (χ0n) is 23.2. The van der Waals surface area contributed by atoms with Crippen molar-refractivity contribution in [2.75, 3.05) is 50.5 Å². The molecule has 2 N–H and O–H groups in total. The molecular formula is C28H28BrN3O9. The SMILES string of the molecule is COC(=O)C1(C)Nc2c(OC(C)=O)cc3c(c2C1=O)C(CBr)CN3C(=O)c1cc2cc(OC)c(OC)c(OC)c2[nH]1. The highest BCUT2D eigenvalue weighted by Gasteiger charge is 2.53. The minimum absolute atomic E-state index is 0.0213. The maximum Gasteiger partial charge on any atom is 0.339 e. The number of H-pyrrole nitrogens is 1. The van der Waals surface area contributed by atoms with Crippen molar-refractivity contribution in [3.05, 3.63) is 35.0 Å². The van der Waals surface area contributed by atoms with Gasteiger partial charge in [-0.3, -0.25) is 14.4 Å². The van der Waals surface area contributed by atoms with Crippen molar-refractivity contribution in [2.24, 2.45) is 0 Å². The fraction of sp³-hybridized carbons (Fsp3) is 0.357. The summed E-state index contributed by atoms with van der Waals surface area (Å²) in [6.45, 7) is 2.85. The van der Waals surface area contributed by atoms with Crippen molar-refractivity contribution in [1.82, 2.24) is 4.98 Å². The highest BCUT2D eigenvalue weighted by Crippen LogP contribution is 2.52. The predicted octanol–water partition coefficient (Wildman–Crippen LogP) is 3.80. The summed E-state index contributed by atoms with van der Waals surface area (Å²) in [5.74, 6) is -1.47. The first-order valence-electron chi connectivity index (χ1n) is 12.5. The molecule has 13 heteroatoms. The third-order valence-electron chi connectivity index (χ3n) is 7.40. The van der Waals surface area contributed by atoms with Gasteiger partial charge in [-0.2, -0.15) is 0 Å². The average Bonchev–Trinajstić information content (AvgIpc) is 3.63. The summed E-state index contributed by atoms with van der Waals surface area (Å²) in [6.07, 6.45) is 0. The second-order valence-corrected chi connectivity index (χ2v) is 10.4. The van der Waals surface area contributed by atoms with Crippen molar-refractivity contribution in [2.45, 2.75) is 25.3 Å². The van der Waals surface area contributed by atoms with Crippen LogP contribution in [0.2, 0.25) is 0 Å². The predicted molar refractivity (Wildman–Crippen MR) is 152 cm³/mol. The van der Waals surface area contributed by atoms with E-state index in [0.717, 1.165) is 0 Å². The Balaban J connectivity index is 1.67. The number of anilines is 2. The molecule has 0 spiro atoms. The monoisotopic (exact) mass is 629 g/mol. The maximum atomic E-state index is 14.0. The van der Waals surface area contributed by atoms with Gasteiger partial charge in [0.05, 0.1) is 50.9 Å². The Bertz CT molecular complexity index is 1630. The number of rotatable bonds is 7. The minimum atomic E-state index is -1.73. The second-order valence-electron chi connectivity index (χ2n) is 9.78. The lowest BCUT2D eigenvalue weighted by Crippen LogP contribution is -2.47. The van der Waals surface area contributed by atoms with Gasteiger partial charge in [0.25, 0.3) is 5.91 Å². The number of ether oxygens (including phenoxy) is 5. The Hall–Kier alpha value is -4.26. The van der Waals surface area contributed by atoms with Crippen molar-refractivity contribution >= 4 is 61.8 Å². The molecule has 2 aliphatic heterocycles. The number of nitrogens with zero attached hydrogens (tertiary/aromatic N) is 1. The van der Waals surface area contributed by atoms with Crippen LogP contribution in [0.3, 0.4) is 0 Å². The number of aromatic nitrogens is 1. The molecule has 2 aliphatic rings. The van der Waals surface area contributed by atoms with E-state index in [0.29, 0.717) is 44.7 Å². The number of alkyl halides is 1. The van der Waals surface area contributed by atoms with Gasteiger partial charge < -0.3 is 38.9 Å². The number of amides is 1. The Morgan fingerprint density at radius 1 is 1.05 bits per heavy atom. The molecule has 0 aliphatic carbocycles. The quantitative estimate of drug-likeness (QED) is 0.171. The number of fused-ring (bicyclic) bond motifs is 4. The van der Waals surface area contributed by atoms with Crippen LogP contribution in [-0.2, 0) is 14.3 Å². The Kier molecular flexibility index (Phi) is 7.10. The molecule has 0 saturated heterocycles. The van der Waals surface area contributed by atoms with Crippen LogP contribution in [-0.4, -0.2) is 74.5 Å². The summed E-state index contributed by atoms with van der Waals surface area (Å²) < 4.78 is 26.8. The number of nitrogens with one attached hydrogen (secondary N) is 2. The maximum absolute atomic E-state index is 14.0. The van der Waals surface area contributed by atoms with Crippen molar-refractivity contribution < 1.29 is 42.9 Å². The lowest BCUT2D eigenvalue weighted by Gasteiger charge is -2.20. The molecule has 0 radical (unpaired) electrons. The van der Waals surface area contributed by atoms with Crippen LogP contribution in [0.1, 0.15) is 46.2 Å². The Labute approximate surface area is 243 Å². The smallest absolute Gasteiger partial charge is 0.339 e. The van der Waals surface area contributed by atoms with Gasteiger partial charge in [0, 0.05) is 36.2 Å². The van der Waals surface area contributed by atoms with E-state index in [1.165, 1.54) is 53.3 Å². The number of methoxy groups -OCH3 is 4. The largest absolute Gasteiger partial charge is 0.493 e. The standard InChI is InChI=1S/C28H28BrN3O9/c1-12(33)41-17-9-16-19(20-22(17)31-28(2,25(20)34)27(36)40-6)14(10-29)11-32(16)26(35)15-7-13-8-18(37-3)23(38-4)24(39-5)21(13)30-15/h7-9,14,30-31H,10-11H2,1-6H3. The summed E-state index contributed by atoms with van der Waals surface area (Å²) in [5.41, 5.74) is 0.371. The van der Waals surface area contributed by atoms with Crippen molar-refractivity contribution in [3.63, 3.8) is 0 Å². The van der Waals surface area contributed by atoms with Gasteiger partial charge in [-0.25, -0.2) is 4.79 Å². The Morgan fingerprint density at radius 2 is 1.76 bits per heavy atom. The zero-order chi connectivity index (χ0) is 29.8. The van der Waals surface area contributed by atoms with Crippen molar-refractivity contribution in [3.8, 4) is 23.0 Å². The van der Waals surface area contributed by atoms with Crippen LogP contribution in [0.15, 0.2) is 18.2 Å². The molecule has 2 unspecified atom stereocenters. The third-order valence-corrected chi connectivity index (χ3v) is 8.18. The number of hydrogen-bond donors (Lipinski definition) is 2. The minimum Gasteiger partial charge on any atom is -0.493 e. The summed E-state index contributed by atoms with van der Waals surface area (Å²) >= 11 is 3.52. The molecule has 3 heterocycles. The van der Waals surface area contributed by atoms with Crippen LogP contribution >= 0.6 is 15.9 Å². The molecule has 12 nitrogen and oxygen atoms in total. The van der Waals surface area contributed by atoms with E-state index in [1.807, 2.05) is 0 Å². The number of benzene rings is 2. The van der Waals surface area contributed by atoms with E-state index in [2.05, 4.69) is 26.2 Å². The van der Waals surface area contributed by atoms with Gasteiger partial charge >= 0.3 is 11.9 Å². The number of esters is 2. The van der Waals surface area contributed by atoms with Crippen LogP contribution in [0, 0.1) is 0 Å². The Morgan fingerprint density at radius 3 is 2.34 bits per heavy atom. The summed E-state index contributed by atoms with van der Waals surface area (Å²) in [6, 6.07) is 4.94. The molecule has 2 atom stereocenters. The first-order chi connectivity index (χ1) is 19.5. The van der Waals surface area contributed by atoms with E-state index in [9.17, 15) is 19.2 Å². The van der Waals surface area contributed by atoms with E-state index < -0.39 is 29.2 Å². The van der Waals surface area contributed by atoms with E-state index in [-0.39, 0.29) is 35.2 Å². The number of halogens is 1. The number of hydrogen-bond acceptors (Lipinski definition) is 10. The molecule has 0 fully saturated rings. The number of carbonyl (C=O) groups excluding carboxylic acids is 4. The van der Waals surface area contributed by atoms with Gasteiger partial charge in [-0.1, -0.05) is 15.9 Å². The topological polar surface area (TPSA) is 145 Å². The third kappa shape index (κ3) is 4.17. The van der Waals surface area contributed by atoms with E-state index in [4.69, 9.17) is 23.7 Å². The summed E-state index contributed by atoms with van der Waals surface area (Å²) in [7, 11) is 5.67. The summed E-state index contributed by atoms with van der Waals surface area (Å²) in [4.78, 5) is 57.1. The van der Waals surface area contributed by atoms with Crippen LogP contribution in [0.4, 0.5) is 11.4 Å². The highest BCUT2D eigenvalue weighted by molar-refractivity contribution is 9.09. The van der Waals surface area contributed by atoms with Gasteiger partial charge in [0.15, 0.2) is 22.8 Å². The molecule has 0 saturated carbocycles. The first-order valence-corrected chi connectivity index (χ1v) is 13.7. The molecule has 41 heavy (non-hydrogen) atoms. The van der Waals surface area contributed by atoms with Crippen LogP contribution < -0.4 is 29.2 Å². The van der Waals surface area contributed by atoms with Crippen LogP contribution in [0.5, 0.6) is 23.0 Å². The summed E-state index contributed by atoms with van der Waals surface area (Å²) in [5, 5.41) is 4.00. The number of aromatic amines is 1. The molecule has 1 amide bonds. The second kappa shape index (κ2) is 10.3. The molecule has 216 valence electrons.